The topological polar surface area (TPSA) is 98.9 Å². The Morgan fingerprint density at radius 1 is 1.19 bits per heavy atom. The summed E-state index contributed by atoms with van der Waals surface area (Å²) in [6.07, 6.45) is 3.83. The molecule has 0 radical (unpaired) electrons. The van der Waals surface area contributed by atoms with Gasteiger partial charge < -0.3 is 14.6 Å². The molecule has 3 N–H and O–H groups in total. The number of aliphatic hydroxyl groups excluding tert-OH is 1. The molecule has 1 atom stereocenters. The second-order valence-corrected chi connectivity index (χ2v) is 7.60. The summed E-state index contributed by atoms with van der Waals surface area (Å²) in [7, 11) is 0. The Morgan fingerprint density at radius 3 is 2.48 bits per heavy atom. The number of hydrogen-bond donors (Lipinski definition) is 2. The van der Waals surface area contributed by atoms with Gasteiger partial charge in [0, 0.05) is 12.0 Å². The van der Waals surface area contributed by atoms with Crippen molar-refractivity contribution >= 4 is 11.8 Å². The summed E-state index contributed by atoms with van der Waals surface area (Å²) in [5.41, 5.74) is 6.97. The van der Waals surface area contributed by atoms with E-state index < -0.39 is 18.4 Å². The lowest BCUT2D eigenvalue weighted by Gasteiger charge is -2.19. The minimum absolute atomic E-state index is 0.173. The van der Waals surface area contributed by atoms with Crippen LogP contribution in [0.15, 0.2) is 18.2 Å². The Kier molecular flexibility index (Phi) is 9.46. The molecule has 0 aliphatic carbocycles. The molecule has 1 aromatic carbocycles. The lowest BCUT2D eigenvalue weighted by molar-refractivity contribution is -0.154. The lowest BCUT2D eigenvalue weighted by Crippen LogP contribution is -2.27. The van der Waals surface area contributed by atoms with E-state index >= 15 is 0 Å². The Bertz CT molecular complexity index is 621. The highest BCUT2D eigenvalue weighted by Gasteiger charge is 2.16. The van der Waals surface area contributed by atoms with Crippen LogP contribution in [-0.4, -0.2) is 35.3 Å². The largest absolute Gasteiger partial charge is 0.475 e. The molecule has 6 nitrogen and oxygen atoms in total. The standard InChI is InChI=1S/C21H33NO5/c1-5-15-13-16(17(24)14-23)11-12-18(15)26-19(22)9-7-6-8-10-20(25)27-21(2,3)4/h11-13,19,23H,5-10,14,22H2,1-4H3. The van der Waals surface area contributed by atoms with E-state index in [-0.39, 0.29) is 11.8 Å². The molecule has 0 fully saturated rings. The average molecular weight is 379 g/mol. The van der Waals surface area contributed by atoms with E-state index in [1.807, 2.05) is 27.7 Å². The van der Waals surface area contributed by atoms with Crippen LogP contribution in [0, 0.1) is 0 Å². The third-order valence-electron chi connectivity index (χ3n) is 3.97. The number of carbonyl (C=O) groups is 2. The molecule has 1 aromatic rings. The molecule has 27 heavy (non-hydrogen) atoms. The van der Waals surface area contributed by atoms with Gasteiger partial charge in [0.15, 0.2) is 5.78 Å². The van der Waals surface area contributed by atoms with Gasteiger partial charge >= 0.3 is 5.97 Å². The molecule has 1 rings (SSSR count). The molecule has 152 valence electrons. The number of ketones is 1. The van der Waals surface area contributed by atoms with E-state index in [2.05, 4.69) is 0 Å². The fourth-order valence-electron chi connectivity index (χ4n) is 2.64. The number of ether oxygens (including phenoxy) is 2. The maximum absolute atomic E-state index is 11.7. The van der Waals surface area contributed by atoms with Gasteiger partial charge in [-0.2, -0.15) is 0 Å². The highest BCUT2D eigenvalue weighted by molar-refractivity contribution is 5.97. The number of carbonyl (C=O) groups excluding carboxylic acids is 2. The number of hydrogen-bond acceptors (Lipinski definition) is 6. The van der Waals surface area contributed by atoms with Crippen molar-refractivity contribution in [3.63, 3.8) is 0 Å². The van der Waals surface area contributed by atoms with Crippen LogP contribution in [0.2, 0.25) is 0 Å². The molecule has 0 aromatic heterocycles. The summed E-state index contributed by atoms with van der Waals surface area (Å²) < 4.78 is 11.1. The summed E-state index contributed by atoms with van der Waals surface area (Å²) in [6, 6.07) is 5.10. The molecule has 0 saturated carbocycles. The quantitative estimate of drug-likeness (QED) is 0.265. The number of Topliss-reactive ketones (excluding diaryl/α,β-unsaturated/α-hetero) is 1. The van der Waals surface area contributed by atoms with Crippen LogP contribution in [0.5, 0.6) is 5.75 Å². The minimum Gasteiger partial charge on any atom is -0.475 e. The molecule has 0 aliphatic rings. The van der Waals surface area contributed by atoms with Crippen molar-refractivity contribution in [2.45, 2.75) is 78.0 Å². The molecule has 0 spiro atoms. The van der Waals surface area contributed by atoms with Gasteiger partial charge in [0.2, 0.25) is 0 Å². The summed E-state index contributed by atoms with van der Waals surface area (Å²) in [4.78, 5) is 23.2. The van der Waals surface area contributed by atoms with Gasteiger partial charge in [0.25, 0.3) is 0 Å². The van der Waals surface area contributed by atoms with Crippen molar-refractivity contribution in [2.75, 3.05) is 6.61 Å². The lowest BCUT2D eigenvalue weighted by atomic mass is 10.0. The van der Waals surface area contributed by atoms with Gasteiger partial charge in [-0.1, -0.05) is 13.3 Å². The van der Waals surface area contributed by atoms with Crippen LogP contribution in [0.1, 0.15) is 75.7 Å². The van der Waals surface area contributed by atoms with Crippen molar-refractivity contribution in [3.05, 3.63) is 29.3 Å². The van der Waals surface area contributed by atoms with Crippen LogP contribution >= 0.6 is 0 Å². The molecular formula is C21H33NO5. The van der Waals surface area contributed by atoms with Gasteiger partial charge in [-0.25, -0.2) is 0 Å². The zero-order chi connectivity index (χ0) is 20.4. The number of unbranched alkanes of at least 4 members (excludes halogenated alkanes) is 2. The Balaban J connectivity index is 2.39. The van der Waals surface area contributed by atoms with Crippen molar-refractivity contribution in [2.24, 2.45) is 5.73 Å². The monoisotopic (exact) mass is 379 g/mol. The molecule has 0 amide bonds. The molecule has 0 aliphatic heterocycles. The summed E-state index contributed by atoms with van der Waals surface area (Å²) in [5, 5.41) is 8.97. The SMILES string of the molecule is CCc1cc(C(=O)CO)ccc1OC(N)CCCCCC(=O)OC(C)(C)C. The summed E-state index contributed by atoms with van der Waals surface area (Å²) in [6.45, 7) is 7.04. The maximum atomic E-state index is 11.7. The van der Waals surface area contributed by atoms with Crippen LogP contribution in [0.3, 0.4) is 0 Å². The van der Waals surface area contributed by atoms with Gasteiger partial charge in [-0.15, -0.1) is 0 Å². The van der Waals surface area contributed by atoms with E-state index in [0.717, 1.165) is 24.8 Å². The number of aliphatic hydroxyl groups is 1. The molecule has 0 heterocycles. The highest BCUT2D eigenvalue weighted by atomic mass is 16.6. The fourth-order valence-corrected chi connectivity index (χ4v) is 2.64. The number of aryl methyl sites for hydroxylation is 1. The van der Waals surface area contributed by atoms with Crippen molar-refractivity contribution < 1.29 is 24.2 Å². The van der Waals surface area contributed by atoms with E-state index in [0.29, 0.717) is 30.6 Å². The summed E-state index contributed by atoms with van der Waals surface area (Å²) in [5.74, 6) is 0.173. The normalized spacial score (nSPS) is 12.5. The first kappa shape index (κ1) is 23.1. The first-order valence-corrected chi connectivity index (χ1v) is 9.57. The second kappa shape index (κ2) is 11.0. The maximum Gasteiger partial charge on any atom is 0.306 e. The number of nitrogens with two attached hydrogens (primary N) is 1. The van der Waals surface area contributed by atoms with Crippen LogP contribution < -0.4 is 10.5 Å². The Hall–Kier alpha value is -1.92. The van der Waals surface area contributed by atoms with Crippen molar-refractivity contribution in [1.82, 2.24) is 0 Å². The van der Waals surface area contributed by atoms with Gasteiger partial charge in [0.05, 0.1) is 0 Å². The van der Waals surface area contributed by atoms with Crippen LogP contribution in [-0.2, 0) is 16.0 Å². The summed E-state index contributed by atoms with van der Waals surface area (Å²) >= 11 is 0. The zero-order valence-corrected chi connectivity index (χ0v) is 16.9. The number of rotatable bonds is 11. The van der Waals surface area contributed by atoms with Gasteiger partial charge in [-0.05, 0) is 70.2 Å². The first-order valence-electron chi connectivity index (χ1n) is 9.57. The molecule has 1 unspecified atom stereocenters. The van der Waals surface area contributed by atoms with Gasteiger partial charge in [-0.3, -0.25) is 15.3 Å². The Labute approximate surface area is 162 Å². The fraction of sp³-hybridized carbons (Fsp3) is 0.619. The first-order chi connectivity index (χ1) is 12.7. The molecule has 0 bridgehead atoms. The Morgan fingerprint density at radius 2 is 1.89 bits per heavy atom. The van der Waals surface area contributed by atoms with Gasteiger partial charge in [0.1, 0.15) is 24.2 Å². The van der Waals surface area contributed by atoms with Crippen molar-refractivity contribution in [1.29, 1.82) is 0 Å². The van der Waals surface area contributed by atoms with E-state index in [1.54, 1.807) is 18.2 Å². The zero-order valence-electron chi connectivity index (χ0n) is 16.9. The predicted molar refractivity (Wildman–Crippen MR) is 105 cm³/mol. The number of esters is 1. The van der Waals surface area contributed by atoms with Crippen LogP contribution in [0.4, 0.5) is 0 Å². The average Bonchev–Trinajstić information content (AvgIpc) is 2.59. The smallest absolute Gasteiger partial charge is 0.306 e. The number of benzene rings is 1. The van der Waals surface area contributed by atoms with E-state index in [1.165, 1.54) is 0 Å². The minimum atomic E-state index is -0.508. The van der Waals surface area contributed by atoms with Crippen LogP contribution in [0.25, 0.3) is 0 Å². The van der Waals surface area contributed by atoms with E-state index in [4.69, 9.17) is 20.3 Å². The third kappa shape index (κ3) is 9.02. The second-order valence-electron chi connectivity index (χ2n) is 7.60. The highest BCUT2D eigenvalue weighted by Crippen LogP contribution is 2.23. The predicted octanol–water partition coefficient (Wildman–Crippen LogP) is 3.38. The molecular weight excluding hydrogens is 346 g/mol. The molecule has 6 heteroatoms. The van der Waals surface area contributed by atoms with E-state index in [9.17, 15) is 9.59 Å². The molecule has 0 saturated heterocycles. The third-order valence-corrected chi connectivity index (χ3v) is 3.97. The van der Waals surface area contributed by atoms with Crippen molar-refractivity contribution in [3.8, 4) is 5.75 Å².